The van der Waals surface area contributed by atoms with Gasteiger partial charge in [0.1, 0.15) is 11.3 Å². The summed E-state index contributed by atoms with van der Waals surface area (Å²) in [5.74, 6) is -2.03. The van der Waals surface area contributed by atoms with Crippen LogP contribution in [0.5, 0.6) is 5.75 Å². The van der Waals surface area contributed by atoms with E-state index in [0.717, 1.165) is 14.9 Å². The Morgan fingerprint density at radius 1 is 0.970 bits per heavy atom. The Morgan fingerprint density at radius 3 is 2.42 bits per heavy atom. The van der Waals surface area contributed by atoms with E-state index >= 15 is 0 Å². The number of carbonyl (C=O) groups excluding carboxylic acids is 4. The maximum Gasteiger partial charge on any atom is 0.343 e. The van der Waals surface area contributed by atoms with Gasteiger partial charge < -0.3 is 4.74 Å². The van der Waals surface area contributed by atoms with Crippen molar-refractivity contribution in [1.82, 2.24) is 5.32 Å². The van der Waals surface area contributed by atoms with Crippen LogP contribution < -0.4 is 15.0 Å². The van der Waals surface area contributed by atoms with Crippen molar-refractivity contribution >= 4 is 51.5 Å². The first-order chi connectivity index (χ1) is 15.8. The Balaban J connectivity index is 1.67. The number of carbonyl (C=O) groups is 4. The lowest BCUT2D eigenvalue weighted by molar-refractivity contribution is -0.122. The summed E-state index contributed by atoms with van der Waals surface area (Å²) in [6.07, 6.45) is 1.30. The fraction of sp³-hybridized carbons (Fsp3) is 0.0400. The van der Waals surface area contributed by atoms with Crippen molar-refractivity contribution in [2.24, 2.45) is 0 Å². The summed E-state index contributed by atoms with van der Waals surface area (Å²) in [6.45, 7) is 1.83. The minimum Gasteiger partial charge on any atom is -0.422 e. The number of ether oxygens (including phenoxy) is 1. The Morgan fingerprint density at radius 2 is 1.70 bits per heavy atom. The fourth-order valence-electron chi connectivity index (χ4n) is 3.25. The number of nitrogens with one attached hydrogen (secondary N) is 1. The van der Waals surface area contributed by atoms with Crippen molar-refractivity contribution in [1.29, 1.82) is 0 Å². The highest BCUT2D eigenvalue weighted by Gasteiger charge is 2.37. The normalized spacial score (nSPS) is 14.9. The molecular weight excluding hydrogens is 488 g/mol. The van der Waals surface area contributed by atoms with E-state index in [-0.39, 0.29) is 11.3 Å². The van der Waals surface area contributed by atoms with Crippen LogP contribution in [0.25, 0.3) is 6.08 Å². The first-order valence-electron chi connectivity index (χ1n) is 9.88. The van der Waals surface area contributed by atoms with Gasteiger partial charge in [0.15, 0.2) is 0 Å². The molecule has 1 aliphatic rings. The molecule has 8 heteroatoms. The van der Waals surface area contributed by atoms with Crippen LogP contribution in [0.15, 0.2) is 82.8 Å². The second-order valence-corrected chi connectivity index (χ2v) is 8.15. The van der Waals surface area contributed by atoms with Gasteiger partial charge in [-0.1, -0.05) is 46.3 Å². The Labute approximate surface area is 197 Å². The van der Waals surface area contributed by atoms with E-state index < -0.39 is 23.8 Å². The zero-order chi connectivity index (χ0) is 23.5. The van der Waals surface area contributed by atoms with E-state index in [4.69, 9.17) is 4.74 Å². The van der Waals surface area contributed by atoms with E-state index in [1.165, 1.54) is 6.08 Å². The smallest absolute Gasteiger partial charge is 0.343 e. The van der Waals surface area contributed by atoms with Crippen molar-refractivity contribution in [3.63, 3.8) is 0 Å². The monoisotopic (exact) mass is 504 g/mol. The molecule has 0 spiro atoms. The van der Waals surface area contributed by atoms with Gasteiger partial charge in [-0.2, -0.15) is 0 Å². The SMILES string of the molecule is Cc1cccc(N2C(=O)NC(=O)/C(=C/c3ccccc3OC(=O)c3ccc(Br)cc3)C2=O)c1. The van der Waals surface area contributed by atoms with E-state index in [2.05, 4.69) is 21.2 Å². The summed E-state index contributed by atoms with van der Waals surface area (Å²) in [5, 5.41) is 2.19. The number of benzene rings is 3. The number of aryl methyl sites for hydroxylation is 1. The van der Waals surface area contributed by atoms with Crippen LogP contribution in [0.3, 0.4) is 0 Å². The van der Waals surface area contributed by atoms with Crippen molar-refractivity contribution < 1.29 is 23.9 Å². The lowest BCUT2D eigenvalue weighted by atomic mass is 10.1. The van der Waals surface area contributed by atoms with Crippen LogP contribution in [0.1, 0.15) is 21.5 Å². The number of amides is 4. The molecule has 7 nitrogen and oxygen atoms in total. The van der Waals surface area contributed by atoms with Crippen molar-refractivity contribution in [3.8, 4) is 5.75 Å². The van der Waals surface area contributed by atoms with Gasteiger partial charge in [0.25, 0.3) is 11.8 Å². The molecule has 3 aromatic rings. The van der Waals surface area contributed by atoms with E-state index in [1.54, 1.807) is 66.7 Å². The van der Waals surface area contributed by atoms with Gasteiger partial charge in [-0.3, -0.25) is 14.9 Å². The molecule has 0 saturated carbocycles. The van der Waals surface area contributed by atoms with Crippen LogP contribution in [0, 0.1) is 6.92 Å². The molecule has 1 heterocycles. The molecule has 4 rings (SSSR count). The van der Waals surface area contributed by atoms with Crippen molar-refractivity contribution in [2.75, 3.05) is 4.90 Å². The average Bonchev–Trinajstić information content (AvgIpc) is 2.78. The first-order valence-corrected chi connectivity index (χ1v) is 10.7. The quantitative estimate of drug-likeness (QED) is 0.241. The van der Waals surface area contributed by atoms with Crippen molar-refractivity contribution in [3.05, 3.63) is 99.5 Å². The number of imide groups is 2. The molecule has 0 aliphatic carbocycles. The largest absolute Gasteiger partial charge is 0.422 e. The number of anilines is 1. The topological polar surface area (TPSA) is 92.8 Å². The number of urea groups is 1. The van der Waals surface area contributed by atoms with Crippen LogP contribution in [-0.4, -0.2) is 23.8 Å². The highest BCUT2D eigenvalue weighted by atomic mass is 79.9. The minimum absolute atomic E-state index is 0.164. The number of rotatable bonds is 4. The maximum atomic E-state index is 13.1. The Hall–Kier alpha value is -4.04. The minimum atomic E-state index is -0.831. The van der Waals surface area contributed by atoms with Crippen LogP contribution in [-0.2, 0) is 9.59 Å². The first kappa shape index (κ1) is 22.2. The lowest BCUT2D eigenvalue weighted by Crippen LogP contribution is -2.54. The highest BCUT2D eigenvalue weighted by molar-refractivity contribution is 9.10. The number of barbiturate groups is 1. The second kappa shape index (κ2) is 9.22. The molecule has 0 bridgehead atoms. The third-order valence-electron chi connectivity index (χ3n) is 4.86. The number of hydrogen-bond acceptors (Lipinski definition) is 5. The molecule has 1 aliphatic heterocycles. The van der Waals surface area contributed by atoms with Crippen LogP contribution in [0.2, 0.25) is 0 Å². The van der Waals surface area contributed by atoms with Gasteiger partial charge in [-0.15, -0.1) is 0 Å². The number of nitrogens with zero attached hydrogens (tertiary/aromatic N) is 1. The zero-order valence-corrected chi connectivity index (χ0v) is 19.0. The molecule has 1 saturated heterocycles. The molecule has 0 aromatic heterocycles. The predicted octanol–water partition coefficient (Wildman–Crippen LogP) is 4.64. The summed E-state index contributed by atoms with van der Waals surface area (Å²) >= 11 is 3.31. The number of para-hydroxylation sites is 1. The molecular formula is C25H17BrN2O5. The predicted molar refractivity (Wildman–Crippen MR) is 126 cm³/mol. The molecule has 0 atom stereocenters. The standard InChI is InChI=1S/C25H17BrN2O5/c1-15-5-4-7-19(13-15)28-23(30)20(22(29)27-25(28)32)14-17-6-2-3-8-21(17)33-24(31)16-9-11-18(26)12-10-16/h2-14H,1H3,(H,27,29,32)/b20-14-. The maximum absolute atomic E-state index is 13.1. The number of halogens is 1. The number of hydrogen-bond donors (Lipinski definition) is 1. The molecule has 1 fully saturated rings. The molecule has 4 amide bonds. The van der Waals surface area contributed by atoms with E-state index in [0.29, 0.717) is 16.8 Å². The van der Waals surface area contributed by atoms with E-state index in [1.807, 2.05) is 13.0 Å². The molecule has 0 unspecified atom stereocenters. The van der Waals surface area contributed by atoms with E-state index in [9.17, 15) is 19.2 Å². The van der Waals surface area contributed by atoms with Crippen LogP contribution in [0.4, 0.5) is 10.5 Å². The van der Waals surface area contributed by atoms with Gasteiger partial charge >= 0.3 is 12.0 Å². The lowest BCUT2D eigenvalue weighted by Gasteiger charge is -2.26. The second-order valence-electron chi connectivity index (χ2n) is 7.23. The van der Waals surface area contributed by atoms with Gasteiger partial charge in [-0.05, 0) is 61.0 Å². The molecule has 3 aromatic carbocycles. The number of esters is 1. The summed E-state index contributed by atoms with van der Waals surface area (Å²) < 4.78 is 6.33. The van der Waals surface area contributed by atoms with Gasteiger partial charge in [0.2, 0.25) is 0 Å². The van der Waals surface area contributed by atoms with Gasteiger partial charge in [-0.25, -0.2) is 14.5 Å². The van der Waals surface area contributed by atoms with Crippen LogP contribution >= 0.6 is 15.9 Å². The highest BCUT2D eigenvalue weighted by Crippen LogP contribution is 2.26. The third kappa shape index (κ3) is 4.75. The summed E-state index contributed by atoms with van der Waals surface area (Å²) in [7, 11) is 0. The van der Waals surface area contributed by atoms with Gasteiger partial charge in [0, 0.05) is 10.0 Å². The molecule has 1 N–H and O–H groups in total. The average molecular weight is 505 g/mol. The van der Waals surface area contributed by atoms with Gasteiger partial charge in [0.05, 0.1) is 11.3 Å². The summed E-state index contributed by atoms with van der Waals surface area (Å²) in [4.78, 5) is 51.4. The molecule has 164 valence electrons. The molecule has 0 radical (unpaired) electrons. The Bertz CT molecular complexity index is 1310. The molecule has 33 heavy (non-hydrogen) atoms. The zero-order valence-electron chi connectivity index (χ0n) is 17.4. The van der Waals surface area contributed by atoms with Crippen molar-refractivity contribution in [2.45, 2.75) is 6.92 Å². The third-order valence-corrected chi connectivity index (χ3v) is 5.39. The summed E-state index contributed by atoms with van der Waals surface area (Å²) in [6, 6.07) is 19.1. The fourth-order valence-corrected chi connectivity index (χ4v) is 3.52. The summed E-state index contributed by atoms with van der Waals surface area (Å²) in [5.41, 5.74) is 1.60. The Kier molecular flexibility index (Phi) is 6.19.